The Bertz CT molecular complexity index is 879. The van der Waals surface area contributed by atoms with Gasteiger partial charge in [0, 0.05) is 50.4 Å². The average Bonchev–Trinajstić information content (AvgIpc) is 3.32. The van der Waals surface area contributed by atoms with Crippen molar-refractivity contribution in [2.24, 2.45) is 0 Å². The number of pyridine rings is 2. The Labute approximate surface area is 159 Å². The molecule has 7 nitrogen and oxygen atoms in total. The number of anilines is 4. The molecule has 142 valence electrons. The Morgan fingerprint density at radius 1 is 1.30 bits per heavy atom. The number of carbonyl (C=O) groups excluding carboxylic acids is 1. The van der Waals surface area contributed by atoms with E-state index in [2.05, 4.69) is 33.5 Å². The predicted molar refractivity (Wildman–Crippen MR) is 106 cm³/mol. The first-order valence-electron chi connectivity index (χ1n) is 9.28. The molecular formula is C20H25N5O2. The van der Waals surface area contributed by atoms with Gasteiger partial charge in [0.25, 0.3) is 0 Å². The number of rotatable bonds is 6. The van der Waals surface area contributed by atoms with Crippen LogP contribution in [-0.2, 0) is 14.9 Å². The maximum atomic E-state index is 11.4. The van der Waals surface area contributed by atoms with Gasteiger partial charge in [-0.15, -0.1) is 0 Å². The molecule has 27 heavy (non-hydrogen) atoms. The fourth-order valence-electron chi connectivity index (χ4n) is 3.74. The van der Waals surface area contributed by atoms with Crippen molar-refractivity contribution in [2.45, 2.75) is 32.1 Å². The molecule has 2 N–H and O–H groups in total. The summed E-state index contributed by atoms with van der Waals surface area (Å²) in [7, 11) is 1.69. The Morgan fingerprint density at radius 3 is 2.81 bits per heavy atom. The lowest BCUT2D eigenvalue weighted by atomic mass is 10.0. The van der Waals surface area contributed by atoms with Crippen LogP contribution in [0.15, 0.2) is 24.4 Å². The van der Waals surface area contributed by atoms with E-state index in [1.165, 1.54) is 25.3 Å². The normalized spacial score (nSPS) is 16.3. The van der Waals surface area contributed by atoms with Gasteiger partial charge in [0.2, 0.25) is 5.91 Å². The fourth-order valence-corrected chi connectivity index (χ4v) is 3.74. The van der Waals surface area contributed by atoms with Crippen LogP contribution >= 0.6 is 0 Å². The number of fused-ring (bicyclic) bond motifs is 2. The van der Waals surface area contributed by atoms with Crippen molar-refractivity contribution in [2.75, 3.05) is 42.3 Å². The molecule has 4 rings (SSSR count). The van der Waals surface area contributed by atoms with Crippen LogP contribution in [0.25, 0.3) is 0 Å². The van der Waals surface area contributed by atoms with Gasteiger partial charge in [-0.3, -0.25) is 4.79 Å². The largest absolute Gasteiger partial charge is 0.383 e. The summed E-state index contributed by atoms with van der Waals surface area (Å²) in [6.07, 6.45) is 4.26. The SMILES string of the molecule is COCCNc1cc(C)cc(N2CC3(CC3)c3cnc(NC(C)=O)cc32)n1. The van der Waals surface area contributed by atoms with Crippen LogP contribution in [-0.4, -0.2) is 42.7 Å². The number of ether oxygens (including phenoxy) is 1. The molecule has 2 aliphatic rings. The molecule has 1 spiro atoms. The van der Waals surface area contributed by atoms with Crippen LogP contribution in [0.3, 0.4) is 0 Å². The highest BCUT2D eigenvalue weighted by atomic mass is 16.5. The number of hydrogen-bond acceptors (Lipinski definition) is 6. The van der Waals surface area contributed by atoms with Crippen molar-refractivity contribution in [3.8, 4) is 0 Å². The van der Waals surface area contributed by atoms with E-state index in [1.807, 2.05) is 18.3 Å². The van der Waals surface area contributed by atoms with Gasteiger partial charge in [-0.1, -0.05) is 0 Å². The van der Waals surface area contributed by atoms with Crippen molar-refractivity contribution in [3.63, 3.8) is 0 Å². The van der Waals surface area contributed by atoms with Gasteiger partial charge in [-0.2, -0.15) is 0 Å². The molecule has 0 aromatic carbocycles. The van der Waals surface area contributed by atoms with Crippen LogP contribution in [0.2, 0.25) is 0 Å². The maximum Gasteiger partial charge on any atom is 0.222 e. The molecule has 2 aromatic heterocycles. The Morgan fingerprint density at radius 2 is 2.11 bits per heavy atom. The summed E-state index contributed by atoms with van der Waals surface area (Å²) < 4.78 is 5.11. The molecule has 1 saturated carbocycles. The summed E-state index contributed by atoms with van der Waals surface area (Å²) in [5.41, 5.74) is 3.68. The smallest absolute Gasteiger partial charge is 0.222 e. The van der Waals surface area contributed by atoms with E-state index in [-0.39, 0.29) is 11.3 Å². The number of carbonyl (C=O) groups is 1. The number of hydrogen-bond donors (Lipinski definition) is 2. The van der Waals surface area contributed by atoms with E-state index in [0.717, 1.165) is 29.4 Å². The topological polar surface area (TPSA) is 79.4 Å². The first-order chi connectivity index (χ1) is 13.0. The highest BCUT2D eigenvalue weighted by Crippen LogP contribution is 2.58. The van der Waals surface area contributed by atoms with Crippen molar-refractivity contribution in [1.29, 1.82) is 0 Å². The van der Waals surface area contributed by atoms with E-state index in [4.69, 9.17) is 9.72 Å². The van der Waals surface area contributed by atoms with Gasteiger partial charge in [0.05, 0.1) is 12.3 Å². The zero-order valence-electron chi connectivity index (χ0n) is 16.0. The van der Waals surface area contributed by atoms with E-state index >= 15 is 0 Å². The summed E-state index contributed by atoms with van der Waals surface area (Å²) in [5, 5.41) is 6.10. The highest BCUT2D eigenvalue weighted by Gasteiger charge is 2.52. The van der Waals surface area contributed by atoms with Gasteiger partial charge in [0.15, 0.2) is 0 Å². The standard InChI is InChI=1S/C20H25N5O2/c1-13-8-17(21-6-7-27-3)24-19(9-13)25-12-20(4-5-20)15-11-22-18(10-16(15)25)23-14(2)26/h8-11H,4-7,12H2,1-3H3,(H,21,24)(H,22,23,26). The molecule has 0 saturated heterocycles. The van der Waals surface area contributed by atoms with Gasteiger partial charge < -0.3 is 20.3 Å². The van der Waals surface area contributed by atoms with Gasteiger partial charge in [-0.05, 0) is 37.5 Å². The number of nitrogens with one attached hydrogen (secondary N) is 2. The lowest BCUT2D eigenvalue weighted by Crippen LogP contribution is -2.21. The van der Waals surface area contributed by atoms with Crippen LogP contribution in [0.1, 0.15) is 30.9 Å². The number of methoxy groups -OCH3 is 1. The molecule has 0 atom stereocenters. The van der Waals surface area contributed by atoms with Crippen LogP contribution < -0.4 is 15.5 Å². The Hall–Kier alpha value is -2.67. The van der Waals surface area contributed by atoms with E-state index < -0.39 is 0 Å². The number of amides is 1. The summed E-state index contributed by atoms with van der Waals surface area (Å²) in [6.45, 7) is 5.82. The number of aryl methyl sites for hydroxylation is 1. The lowest BCUT2D eigenvalue weighted by Gasteiger charge is -2.21. The quantitative estimate of drug-likeness (QED) is 0.764. The molecule has 0 radical (unpaired) electrons. The summed E-state index contributed by atoms with van der Waals surface area (Å²) >= 11 is 0. The van der Waals surface area contributed by atoms with E-state index in [9.17, 15) is 4.79 Å². The molecule has 7 heteroatoms. The van der Waals surface area contributed by atoms with Crippen LogP contribution in [0.4, 0.5) is 23.1 Å². The van der Waals surface area contributed by atoms with Crippen molar-refractivity contribution >= 4 is 29.0 Å². The first-order valence-corrected chi connectivity index (χ1v) is 9.28. The second kappa shape index (κ2) is 6.81. The third kappa shape index (κ3) is 3.47. The second-order valence-corrected chi connectivity index (χ2v) is 7.44. The molecule has 1 fully saturated rings. The molecule has 1 aliphatic heterocycles. The lowest BCUT2D eigenvalue weighted by molar-refractivity contribution is -0.114. The predicted octanol–water partition coefficient (Wildman–Crippen LogP) is 2.99. The average molecular weight is 367 g/mol. The molecule has 1 aliphatic carbocycles. The van der Waals surface area contributed by atoms with E-state index in [1.54, 1.807) is 7.11 Å². The minimum Gasteiger partial charge on any atom is -0.383 e. The zero-order chi connectivity index (χ0) is 19.0. The number of nitrogens with zero attached hydrogens (tertiary/aromatic N) is 3. The second-order valence-electron chi connectivity index (χ2n) is 7.44. The van der Waals surface area contributed by atoms with Crippen molar-refractivity contribution < 1.29 is 9.53 Å². The Kier molecular flexibility index (Phi) is 4.47. The number of aromatic nitrogens is 2. The minimum absolute atomic E-state index is 0.119. The maximum absolute atomic E-state index is 11.4. The minimum atomic E-state index is -0.119. The Balaban J connectivity index is 1.68. The molecule has 0 bridgehead atoms. The van der Waals surface area contributed by atoms with Crippen molar-refractivity contribution in [1.82, 2.24) is 9.97 Å². The summed E-state index contributed by atoms with van der Waals surface area (Å²) in [4.78, 5) is 22.9. The van der Waals surface area contributed by atoms with Gasteiger partial charge in [0.1, 0.15) is 17.5 Å². The third-order valence-electron chi connectivity index (χ3n) is 5.21. The summed E-state index contributed by atoms with van der Waals surface area (Å²) in [5.74, 6) is 2.22. The molecule has 2 aromatic rings. The van der Waals surface area contributed by atoms with E-state index in [0.29, 0.717) is 19.0 Å². The zero-order valence-corrected chi connectivity index (χ0v) is 16.0. The van der Waals surface area contributed by atoms with Gasteiger partial charge >= 0.3 is 0 Å². The molecular weight excluding hydrogens is 342 g/mol. The third-order valence-corrected chi connectivity index (χ3v) is 5.21. The molecule has 3 heterocycles. The van der Waals surface area contributed by atoms with Crippen molar-refractivity contribution in [3.05, 3.63) is 35.5 Å². The monoisotopic (exact) mass is 367 g/mol. The van der Waals surface area contributed by atoms with Crippen LogP contribution in [0, 0.1) is 6.92 Å². The fraction of sp³-hybridized carbons (Fsp3) is 0.450. The summed E-state index contributed by atoms with van der Waals surface area (Å²) in [6, 6.07) is 6.11. The van der Waals surface area contributed by atoms with Gasteiger partial charge in [-0.25, -0.2) is 9.97 Å². The molecule has 0 unspecified atom stereocenters. The molecule has 1 amide bonds. The first kappa shape index (κ1) is 17.7. The highest BCUT2D eigenvalue weighted by molar-refractivity contribution is 5.89. The van der Waals surface area contributed by atoms with Crippen LogP contribution in [0.5, 0.6) is 0 Å².